The van der Waals surface area contributed by atoms with Crippen molar-refractivity contribution < 1.29 is 57.7 Å². The molecule has 0 saturated carbocycles. The SMILES string of the molecule is CC(=O)CCCN1C(=O)CC(SCC(NC(=O)CC(CCCCN)NC(=O)COCCOCCNC(=S)Nc2ccc(-c3c4ccc(=O)cc-4oc4cc(O)ccc34)c(C(=O)O)c2)C(N)=O)C1=O. The molecule has 0 aromatic heterocycles. The minimum Gasteiger partial charge on any atom is -0.508 e. The van der Waals surface area contributed by atoms with Crippen LogP contribution < -0.4 is 38.2 Å². The van der Waals surface area contributed by atoms with Gasteiger partial charge in [0.25, 0.3) is 0 Å². The molecule has 2 heterocycles. The van der Waals surface area contributed by atoms with E-state index in [2.05, 4.69) is 21.3 Å². The maximum absolute atomic E-state index is 13.1. The molecule has 10 N–H and O–H groups in total. The number of nitrogens with two attached hydrogens (primary N) is 2. The number of carbonyl (C=O) groups is 7. The maximum atomic E-state index is 13.1. The lowest BCUT2D eigenvalue weighted by Crippen LogP contribution is -2.49. The number of ether oxygens (including phenoxy) is 2. The van der Waals surface area contributed by atoms with Gasteiger partial charge in [0, 0.05) is 78.5 Å². The van der Waals surface area contributed by atoms with Gasteiger partial charge in [-0.25, -0.2) is 4.79 Å². The normalized spacial score (nSPS) is 14.4. The number of carbonyl (C=O) groups excluding carboxylic acids is 6. The summed E-state index contributed by atoms with van der Waals surface area (Å²) in [6.07, 6.45) is 2.04. The number of primary amides is 1. The van der Waals surface area contributed by atoms with E-state index >= 15 is 0 Å². The number of carboxylic acid groups (broad SMARTS) is 1. The molecule has 20 nitrogen and oxygen atoms in total. The zero-order valence-corrected chi connectivity index (χ0v) is 39.0. The van der Waals surface area contributed by atoms with Crippen molar-refractivity contribution in [1.82, 2.24) is 20.9 Å². The fourth-order valence-corrected chi connectivity index (χ4v) is 8.80. The number of fused-ring (bicyclic) bond motifs is 2. The summed E-state index contributed by atoms with van der Waals surface area (Å²) < 4.78 is 16.9. The quantitative estimate of drug-likeness (QED) is 0.0184. The van der Waals surface area contributed by atoms with Crippen molar-refractivity contribution in [2.75, 3.05) is 57.1 Å². The van der Waals surface area contributed by atoms with E-state index < -0.39 is 46.9 Å². The molecule has 3 aliphatic rings. The number of nitrogens with zero attached hydrogens (tertiary/aromatic N) is 1. The van der Waals surface area contributed by atoms with Crippen LogP contribution in [0.15, 0.2) is 63.8 Å². The van der Waals surface area contributed by atoms with Gasteiger partial charge in [0.15, 0.2) is 10.5 Å². The second-order valence-electron chi connectivity index (χ2n) is 15.9. The smallest absolute Gasteiger partial charge is 0.336 e. The lowest BCUT2D eigenvalue weighted by atomic mass is 9.90. The van der Waals surface area contributed by atoms with Crippen molar-refractivity contribution in [2.45, 2.75) is 69.2 Å². The Morgan fingerprint density at radius 3 is 2.44 bits per heavy atom. The van der Waals surface area contributed by atoms with Crippen LogP contribution in [-0.4, -0.2) is 131 Å². The summed E-state index contributed by atoms with van der Waals surface area (Å²) in [6, 6.07) is 11.6. The van der Waals surface area contributed by atoms with Gasteiger partial charge in [-0.15, -0.1) is 11.8 Å². The molecule has 0 radical (unpaired) electrons. The number of phenols is 1. The molecular weight excluding hydrogens is 923 g/mol. The maximum Gasteiger partial charge on any atom is 0.336 e. The van der Waals surface area contributed by atoms with Crippen LogP contribution in [0.2, 0.25) is 0 Å². The molecule has 5 rings (SSSR count). The summed E-state index contributed by atoms with van der Waals surface area (Å²) in [5, 5.41) is 31.6. The van der Waals surface area contributed by atoms with Gasteiger partial charge in [-0.05, 0) is 86.9 Å². The summed E-state index contributed by atoms with van der Waals surface area (Å²) in [6.45, 7) is 2.34. The number of likely N-dealkylation sites (tertiary alicyclic amines) is 1. The fraction of sp³-hybridized carbons (Fsp3) is 0.413. The number of Topliss-reactive ketones (excluding diaryl/α,β-unsaturated/α-hetero) is 1. The summed E-state index contributed by atoms with van der Waals surface area (Å²) in [7, 11) is 0. The molecule has 1 fully saturated rings. The van der Waals surface area contributed by atoms with E-state index in [1.54, 1.807) is 24.3 Å². The van der Waals surface area contributed by atoms with Crippen LogP contribution >= 0.6 is 24.0 Å². The summed E-state index contributed by atoms with van der Waals surface area (Å²) in [5.74, 6) is -3.80. The molecular formula is C46H55N7O13S2. The topological polar surface area (TPSA) is 312 Å². The zero-order valence-electron chi connectivity index (χ0n) is 37.3. The zero-order chi connectivity index (χ0) is 49.3. The Morgan fingerprint density at radius 2 is 1.71 bits per heavy atom. The highest BCUT2D eigenvalue weighted by Crippen LogP contribution is 2.42. The molecule has 2 aliphatic heterocycles. The van der Waals surface area contributed by atoms with Gasteiger partial charge in [-0.3, -0.25) is 33.7 Å². The lowest BCUT2D eigenvalue weighted by Gasteiger charge is -2.21. The van der Waals surface area contributed by atoms with Gasteiger partial charge < -0.3 is 61.6 Å². The number of imide groups is 1. The third kappa shape index (κ3) is 15.3. The molecule has 3 atom stereocenters. The van der Waals surface area contributed by atoms with Crippen molar-refractivity contribution in [3.05, 3.63) is 70.4 Å². The van der Waals surface area contributed by atoms with E-state index in [9.17, 15) is 48.6 Å². The number of ketones is 1. The largest absolute Gasteiger partial charge is 0.508 e. The number of rotatable bonds is 27. The number of phenolic OH excluding ortho intramolecular Hbond substituents is 1. The number of amides is 5. The number of anilines is 1. The van der Waals surface area contributed by atoms with Crippen LogP contribution in [0.4, 0.5) is 5.69 Å². The van der Waals surface area contributed by atoms with E-state index in [4.69, 9.17) is 37.6 Å². The van der Waals surface area contributed by atoms with Gasteiger partial charge >= 0.3 is 5.97 Å². The predicted octanol–water partition coefficient (Wildman–Crippen LogP) is 2.49. The Bertz CT molecular complexity index is 2540. The third-order valence-electron chi connectivity index (χ3n) is 10.7. The number of carboxylic acids is 1. The van der Waals surface area contributed by atoms with Crippen molar-refractivity contribution in [3.8, 4) is 28.2 Å². The van der Waals surface area contributed by atoms with Crippen LogP contribution in [0.25, 0.3) is 33.4 Å². The number of aromatic hydroxyl groups is 1. The van der Waals surface area contributed by atoms with E-state index in [-0.39, 0.29) is 109 Å². The number of thiocarbonyl (C=S) groups is 1. The fourth-order valence-electron chi connectivity index (χ4n) is 7.38. The number of aromatic carboxylic acids is 1. The van der Waals surface area contributed by atoms with Gasteiger partial charge in [0.2, 0.25) is 29.5 Å². The van der Waals surface area contributed by atoms with Gasteiger partial charge in [0.05, 0.1) is 30.6 Å². The first-order valence-electron chi connectivity index (χ1n) is 21.9. The molecule has 364 valence electrons. The van der Waals surface area contributed by atoms with Crippen molar-refractivity contribution in [3.63, 3.8) is 0 Å². The Balaban J connectivity index is 1.02. The van der Waals surface area contributed by atoms with Crippen LogP contribution in [0.1, 0.15) is 62.2 Å². The molecule has 5 amide bonds. The highest BCUT2D eigenvalue weighted by atomic mass is 32.2. The van der Waals surface area contributed by atoms with Gasteiger partial charge in [-0.1, -0.05) is 12.5 Å². The Kier molecular flexibility index (Phi) is 19.8. The minimum absolute atomic E-state index is 0.0480. The first kappa shape index (κ1) is 52.5. The molecule has 68 heavy (non-hydrogen) atoms. The first-order valence-corrected chi connectivity index (χ1v) is 23.3. The predicted molar refractivity (Wildman–Crippen MR) is 257 cm³/mol. The van der Waals surface area contributed by atoms with Gasteiger partial charge in [-0.2, -0.15) is 0 Å². The Labute approximate surface area is 400 Å². The summed E-state index contributed by atoms with van der Waals surface area (Å²) in [5.41, 5.74) is 12.9. The monoisotopic (exact) mass is 977 g/mol. The van der Waals surface area contributed by atoms with Crippen LogP contribution in [0, 0.1) is 0 Å². The standard InChI is InChI=1S/C46H55N7O13S2/c1-26(54)5-4-15-53-41(59)23-38(44(53)61)68-25-35(43(48)60)52-39(57)20-27(6-2-3-13-47)50-40(58)24-65-18-17-64-16-14-49-46(67)51-28-7-10-31(34(19-28)45(62)63)42-32-11-8-29(55)21-36(32)66-37-22-30(56)9-12-33(37)42/h7-12,19,21-22,27,35,38,55H,2-6,13-18,20,23-25,47H2,1H3,(H2,48,60)(H,50,58)(H,52,57)(H,62,63)(H2,49,51,67). The number of unbranched alkanes of at least 4 members (excludes halogenated alkanes) is 1. The average Bonchev–Trinajstić information content (AvgIpc) is 3.55. The molecule has 1 aliphatic carbocycles. The molecule has 0 bridgehead atoms. The summed E-state index contributed by atoms with van der Waals surface area (Å²) >= 11 is 6.45. The number of thioether (sulfide) groups is 1. The minimum atomic E-state index is -1.21. The van der Waals surface area contributed by atoms with Gasteiger partial charge in [0.1, 0.15) is 35.5 Å². The molecule has 22 heteroatoms. The van der Waals surface area contributed by atoms with Crippen molar-refractivity contribution >= 4 is 87.0 Å². The lowest BCUT2D eigenvalue weighted by molar-refractivity contribution is -0.138. The molecule has 0 spiro atoms. The second-order valence-corrected chi connectivity index (χ2v) is 17.6. The van der Waals surface area contributed by atoms with Crippen LogP contribution in [0.5, 0.6) is 5.75 Å². The van der Waals surface area contributed by atoms with E-state index in [0.29, 0.717) is 60.0 Å². The van der Waals surface area contributed by atoms with Crippen LogP contribution in [-0.2, 0) is 38.2 Å². The second kappa shape index (κ2) is 25.6. The molecule has 3 unspecified atom stereocenters. The van der Waals surface area contributed by atoms with Crippen molar-refractivity contribution in [2.24, 2.45) is 11.5 Å². The van der Waals surface area contributed by atoms with E-state index in [0.717, 1.165) is 16.7 Å². The Hall–Kier alpha value is -6.46. The average molecular weight is 978 g/mol. The molecule has 2 aromatic carbocycles. The molecule has 2 aromatic rings. The number of benzene rings is 3. The Morgan fingerprint density at radius 1 is 0.941 bits per heavy atom. The number of hydrogen-bond donors (Lipinski definition) is 8. The van der Waals surface area contributed by atoms with Crippen LogP contribution in [0.3, 0.4) is 0 Å². The third-order valence-corrected chi connectivity index (χ3v) is 12.2. The summed E-state index contributed by atoms with van der Waals surface area (Å²) in [4.78, 5) is 100. The highest BCUT2D eigenvalue weighted by molar-refractivity contribution is 8.00. The van der Waals surface area contributed by atoms with E-state index in [1.807, 2.05) is 0 Å². The van der Waals surface area contributed by atoms with E-state index in [1.165, 1.54) is 37.3 Å². The first-order chi connectivity index (χ1) is 32.5. The number of nitrogens with one attached hydrogen (secondary N) is 4. The molecule has 1 saturated heterocycles. The highest BCUT2D eigenvalue weighted by Gasteiger charge is 2.39. The number of hydrogen-bond acceptors (Lipinski definition) is 15. The van der Waals surface area contributed by atoms with Crippen molar-refractivity contribution in [1.29, 1.82) is 0 Å².